The molecule has 6 rings (SSSR count). The van der Waals surface area contributed by atoms with Crippen molar-refractivity contribution in [1.82, 2.24) is 20.3 Å². The molecule has 0 spiro atoms. The largest absolute Gasteiger partial charge is 0.366 e. The summed E-state index contributed by atoms with van der Waals surface area (Å²) in [6.45, 7) is 1.92. The molecule has 2 atom stereocenters. The van der Waals surface area contributed by atoms with Crippen LogP contribution in [0.4, 0.5) is 10.1 Å². The Hall–Kier alpha value is -3.98. The number of benzene rings is 3. The van der Waals surface area contributed by atoms with Crippen LogP contribution in [0.3, 0.4) is 0 Å². The number of nitrogens with zero attached hydrogens (tertiary/aromatic N) is 5. The van der Waals surface area contributed by atoms with Crippen molar-refractivity contribution in [2.75, 3.05) is 37.6 Å². The molecule has 0 radical (unpaired) electrons. The highest BCUT2D eigenvalue weighted by atomic mass is 19.1. The van der Waals surface area contributed by atoms with Crippen molar-refractivity contribution < 1.29 is 14.0 Å². The van der Waals surface area contributed by atoms with Crippen LogP contribution in [0.2, 0.25) is 0 Å². The molecule has 8 nitrogen and oxygen atoms in total. The van der Waals surface area contributed by atoms with Gasteiger partial charge in [-0.1, -0.05) is 54.6 Å². The number of hydrazine groups is 1. The molecule has 3 aromatic rings. The van der Waals surface area contributed by atoms with Gasteiger partial charge in [0.2, 0.25) is 5.91 Å². The lowest BCUT2D eigenvalue weighted by Gasteiger charge is -2.37. The molecular weight excluding hydrogens is 459 g/mol. The summed E-state index contributed by atoms with van der Waals surface area (Å²) in [7, 11) is 0. The van der Waals surface area contributed by atoms with Crippen LogP contribution in [0, 0.1) is 5.82 Å². The van der Waals surface area contributed by atoms with Crippen molar-refractivity contribution in [1.29, 1.82) is 0 Å². The van der Waals surface area contributed by atoms with Crippen LogP contribution in [0.5, 0.6) is 0 Å². The van der Waals surface area contributed by atoms with E-state index in [-0.39, 0.29) is 30.2 Å². The van der Waals surface area contributed by atoms with Gasteiger partial charge in [0.1, 0.15) is 24.7 Å². The maximum Gasteiger partial charge on any atom is 0.267 e. The lowest BCUT2D eigenvalue weighted by Crippen LogP contribution is -2.55. The Kier molecular flexibility index (Phi) is 5.77. The van der Waals surface area contributed by atoms with E-state index in [2.05, 4.69) is 34.8 Å². The summed E-state index contributed by atoms with van der Waals surface area (Å²) in [5.74, 6) is -0.605. The number of hydrazone groups is 1. The van der Waals surface area contributed by atoms with E-state index in [4.69, 9.17) is 0 Å². The maximum atomic E-state index is 14.1. The number of fused-ring (bicyclic) bond motifs is 2. The Balaban J connectivity index is 1.09. The minimum Gasteiger partial charge on any atom is -0.366 e. The number of halogens is 1. The Labute approximate surface area is 208 Å². The summed E-state index contributed by atoms with van der Waals surface area (Å²) in [6, 6.07) is 20.6. The Morgan fingerprint density at radius 2 is 1.72 bits per heavy atom. The molecule has 3 aromatic carbocycles. The van der Waals surface area contributed by atoms with Crippen LogP contribution in [0.15, 0.2) is 71.8 Å². The first-order valence-electron chi connectivity index (χ1n) is 12.2. The predicted octanol–water partition coefficient (Wildman–Crippen LogP) is 2.73. The summed E-state index contributed by atoms with van der Waals surface area (Å²) >= 11 is 0. The summed E-state index contributed by atoms with van der Waals surface area (Å²) in [4.78, 5) is 29.9. The Morgan fingerprint density at radius 1 is 0.972 bits per heavy atom. The Morgan fingerprint density at radius 3 is 2.56 bits per heavy atom. The molecule has 2 unspecified atom stereocenters. The zero-order valence-corrected chi connectivity index (χ0v) is 19.8. The molecule has 3 aliphatic rings. The van der Waals surface area contributed by atoms with Gasteiger partial charge in [0.05, 0.1) is 11.7 Å². The van der Waals surface area contributed by atoms with Gasteiger partial charge in [0.25, 0.3) is 5.91 Å². The molecule has 9 heteroatoms. The van der Waals surface area contributed by atoms with Crippen molar-refractivity contribution in [3.63, 3.8) is 0 Å². The van der Waals surface area contributed by atoms with E-state index in [1.807, 2.05) is 29.2 Å². The van der Waals surface area contributed by atoms with Crippen LogP contribution in [-0.2, 0) is 9.59 Å². The number of rotatable bonds is 4. The lowest BCUT2D eigenvalue weighted by molar-refractivity contribution is -0.144. The maximum absolute atomic E-state index is 14.1. The standard InChI is InChI=1S/C27H27FN6O2/c28-22-10-3-4-11-24(22)31-12-14-32(15-13-31)26(35)17-33-27(36)25-16-23(30-34(25)18-29-33)21-9-5-7-19-6-1-2-8-20(19)21/h1-11,18,23,25,30H,12-17H2. The molecular formula is C27H27FN6O2. The van der Waals surface area contributed by atoms with Crippen molar-refractivity contribution in [2.24, 2.45) is 5.10 Å². The van der Waals surface area contributed by atoms with Gasteiger partial charge in [-0.3, -0.25) is 14.6 Å². The van der Waals surface area contributed by atoms with Gasteiger partial charge in [0.15, 0.2) is 0 Å². The fraction of sp³-hybridized carbons (Fsp3) is 0.296. The summed E-state index contributed by atoms with van der Waals surface area (Å²) in [6.07, 6.45) is 2.19. The Bertz CT molecular complexity index is 1330. The summed E-state index contributed by atoms with van der Waals surface area (Å²) in [5.41, 5.74) is 5.09. The van der Waals surface area contributed by atoms with Gasteiger partial charge in [-0.2, -0.15) is 5.10 Å². The van der Waals surface area contributed by atoms with E-state index in [0.717, 1.165) is 16.3 Å². The molecule has 2 amide bonds. The molecule has 2 saturated heterocycles. The molecule has 2 fully saturated rings. The van der Waals surface area contributed by atoms with Crippen LogP contribution in [0.1, 0.15) is 18.0 Å². The molecule has 0 bridgehead atoms. The molecule has 1 N–H and O–H groups in total. The second-order valence-electron chi connectivity index (χ2n) is 9.35. The summed E-state index contributed by atoms with van der Waals surface area (Å²) < 4.78 is 14.1. The van der Waals surface area contributed by atoms with E-state index in [1.165, 1.54) is 11.1 Å². The van der Waals surface area contributed by atoms with E-state index in [9.17, 15) is 14.0 Å². The molecule has 36 heavy (non-hydrogen) atoms. The van der Waals surface area contributed by atoms with Crippen molar-refractivity contribution >= 4 is 34.6 Å². The topological polar surface area (TPSA) is 71.5 Å². The third kappa shape index (κ3) is 4.05. The molecule has 3 aliphatic heterocycles. The molecule has 0 saturated carbocycles. The van der Waals surface area contributed by atoms with Crippen molar-refractivity contribution in [2.45, 2.75) is 18.5 Å². The fourth-order valence-corrected chi connectivity index (χ4v) is 5.34. The van der Waals surface area contributed by atoms with Crippen molar-refractivity contribution in [3.8, 4) is 0 Å². The highest BCUT2D eigenvalue weighted by molar-refractivity contribution is 5.91. The van der Waals surface area contributed by atoms with Gasteiger partial charge < -0.3 is 9.80 Å². The zero-order chi connectivity index (χ0) is 24.6. The predicted molar refractivity (Wildman–Crippen MR) is 135 cm³/mol. The zero-order valence-electron chi connectivity index (χ0n) is 19.8. The van der Waals surface area contributed by atoms with E-state index < -0.39 is 6.04 Å². The number of para-hydroxylation sites is 1. The quantitative estimate of drug-likeness (QED) is 0.614. The van der Waals surface area contributed by atoms with E-state index in [0.29, 0.717) is 38.3 Å². The smallest absolute Gasteiger partial charge is 0.267 e. The average Bonchev–Trinajstić information content (AvgIpc) is 3.35. The molecule has 0 aliphatic carbocycles. The molecule has 0 aromatic heterocycles. The third-order valence-electron chi connectivity index (χ3n) is 7.26. The van der Waals surface area contributed by atoms with Gasteiger partial charge in [-0.15, -0.1) is 0 Å². The minimum absolute atomic E-state index is 0.0291. The average molecular weight is 487 g/mol. The normalized spacial score (nSPS) is 21.9. The van der Waals surface area contributed by atoms with Crippen molar-refractivity contribution in [3.05, 3.63) is 78.1 Å². The number of hydrogen-bond donors (Lipinski definition) is 1. The number of carbonyl (C=O) groups excluding carboxylic acids is 2. The SMILES string of the molecule is O=C(CN1N=CN2NC(c3cccc4ccccc34)CC2C1=O)N1CCN(c2ccccc2F)CC1. The number of anilines is 1. The lowest BCUT2D eigenvalue weighted by atomic mass is 9.96. The van der Waals surface area contributed by atoms with Gasteiger partial charge in [-0.05, 0) is 34.9 Å². The van der Waals surface area contributed by atoms with E-state index in [1.54, 1.807) is 28.4 Å². The first-order chi connectivity index (χ1) is 17.6. The van der Waals surface area contributed by atoms with Gasteiger partial charge in [-0.25, -0.2) is 14.8 Å². The number of nitrogens with one attached hydrogen (secondary N) is 1. The number of piperazine rings is 1. The second-order valence-corrected chi connectivity index (χ2v) is 9.35. The van der Waals surface area contributed by atoms with E-state index >= 15 is 0 Å². The highest BCUT2D eigenvalue weighted by Crippen LogP contribution is 2.33. The third-order valence-corrected chi connectivity index (χ3v) is 7.26. The summed E-state index contributed by atoms with van der Waals surface area (Å²) in [5, 5.41) is 9.61. The van der Waals surface area contributed by atoms with Gasteiger partial charge in [0, 0.05) is 26.2 Å². The molecule has 3 heterocycles. The van der Waals surface area contributed by atoms with Crippen LogP contribution < -0.4 is 10.3 Å². The minimum atomic E-state index is -0.419. The van der Waals surface area contributed by atoms with Crippen LogP contribution >= 0.6 is 0 Å². The number of amides is 2. The monoisotopic (exact) mass is 486 g/mol. The second kappa shape index (κ2) is 9.23. The molecule has 184 valence electrons. The van der Waals surface area contributed by atoms with Crippen LogP contribution in [-0.4, -0.2) is 71.8 Å². The fourth-order valence-electron chi connectivity index (χ4n) is 5.34. The first kappa shape index (κ1) is 22.5. The van der Waals surface area contributed by atoms with Gasteiger partial charge >= 0.3 is 0 Å². The first-order valence-corrected chi connectivity index (χ1v) is 12.2. The highest BCUT2D eigenvalue weighted by Gasteiger charge is 2.42. The van der Waals surface area contributed by atoms with Crippen LogP contribution in [0.25, 0.3) is 10.8 Å². The number of hydrogen-bond acceptors (Lipinski definition) is 6. The number of carbonyl (C=O) groups is 2.